The SMILES string of the molecule is O=C(N[C@@H]1CC(F)(F)C[C@H]1O)OCc1ccccc1. The average molecular weight is 271 g/mol. The summed E-state index contributed by atoms with van der Waals surface area (Å²) in [5.41, 5.74) is 0.801. The van der Waals surface area contributed by atoms with Crippen LogP contribution < -0.4 is 5.32 Å². The minimum atomic E-state index is -2.93. The lowest BCUT2D eigenvalue weighted by Gasteiger charge is -2.15. The average Bonchev–Trinajstić information content (AvgIpc) is 2.61. The van der Waals surface area contributed by atoms with E-state index in [9.17, 15) is 18.7 Å². The number of rotatable bonds is 3. The fraction of sp³-hybridized carbons (Fsp3) is 0.462. The van der Waals surface area contributed by atoms with Crippen molar-refractivity contribution in [2.45, 2.75) is 37.5 Å². The Morgan fingerprint density at radius 1 is 1.37 bits per heavy atom. The number of alkyl halides is 2. The summed E-state index contributed by atoms with van der Waals surface area (Å²) in [6, 6.07) is 8.05. The molecule has 0 unspecified atom stereocenters. The van der Waals surface area contributed by atoms with Gasteiger partial charge < -0.3 is 15.2 Å². The fourth-order valence-corrected chi connectivity index (χ4v) is 2.05. The van der Waals surface area contributed by atoms with Crippen LogP contribution in [0.1, 0.15) is 18.4 Å². The zero-order valence-electron chi connectivity index (χ0n) is 10.2. The van der Waals surface area contributed by atoms with Gasteiger partial charge in [-0.1, -0.05) is 30.3 Å². The molecule has 1 fully saturated rings. The van der Waals surface area contributed by atoms with Crippen LogP contribution in [0.15, 0.2) is 30.3 Å². The molecule has 0 saturated heterocycles. The van der Waals surface area contributed by atoms with E-state index in [4.69, 9.17) is 4.74 Å². The molecule has 19 heavy (non-hydrogen) atoms. The van der Waals surface area contributed by atoms with E-state index >= 15 is 0 Å². The number of hydrogen-bond acceptors (Lipinski definition) is 3. The van der Waals surface area contributed by atoms with Gasteiger partial charge in [-0.15, -0.1) is 0 Å². The molecule has 0 radical (unpaired) electrons. The lowest BCUT2D eigenvalue weighted by molar-refractivity contribution is -0.00363. The molecular weight excluding hydrogens is 256 g/mol. The number of benzene rings is 1. The maximum Gasteiger partial charge on any atom is 0.407 e. The Labute approximate surface area is 109 Å². The van der Waals surface area contributed by atoms with E-state index in [2.05, 4.69) is 5.32 Å². The molecule has 1 aromatic rings. The van der Waals surface area contributed by atoms with Crippen molar-refractivity contribution in [3.63, 3.8) is 0 Å². The van der Waals surface area contributed by atoms with E-state index in [-0.39, 0.29) is 6.61 Å². The molecule has 104 valence electrons. The molecule has 0 bridgehead atoms. The maximum absolute atomic E-state index is 13.0. The van der Waals surface area contributed by atoms with Gasteiger partial charge in [-0.3, -0.25) is 0 Å². The lowest BCUT2D eigenvalue weighted by atomic mass is 10.2. The second-order valence-electron chi connectivity index (χ2n) is 4.64. The van der Waals surface area contributed by atoms with Gasteiger partial charge in [0.15, 0.2) is 0 Å². The van der Waals surface area contributed by atoms with E-state index in [1.165, 1.54) is 0 Å². The number of aliphatic hydroxyl groups excluding tert-OH is 1. The van der Waals surface area contributed by atoms with E-state index in [0.717, 1.165) is 5.56 Å². The van der Waals surface area contributed by atoms with Crippen LogP contribution in [0.5, 0.6) is 0 Å². The van der Waals surface area contributed by atoms with Gasteiger partial charge in [-0.25, -0.2) is 13.6 Å². The quantitative estimate of drug-likeness (QED) is 0.884. The number of hydrogen-bond donors (Lipinski definition) is 2. The first kappa shape index (κ1) is 13.7. The highest BCUT2D eigenvalue weighted by atomic mass is 19.3. The summed E-state index contributed by atoms with van der Waals surface area (Å²) in [5, 5.41) is 11.7. The number of nitrogens with one attached hydrogen (secondary N) is 1. The van der Waals surface area contributed by atoms with Crippen molar-refractivity contribution < 1.29 is 23.4 Å². The summed E-state index contributed by atoms with van der Waals surface area (Å²) >= 11 is 0. The normalized spacial score (nSPS) is 25.0. The first-order valence-electron chi connectivity index (χ1n) is 5.99. The standard InChI is InChI=1S/C13H15F2NO3/c14-13(15)6-10(11(17)7-13)16-12(18)19-8-9-4-2-1-3-5-9/h1-5,10-11,17H,6-8H2,(H,16,18)/t10-,11-/m1/s1. The number of carbonyl (C=O) groups is 1. The zero-order valence-corrected chi connectivity index (χ0v) is 10.2. The van der Waals surface area contributed by atoms with Crippen molar-refractivity contribution in [1.29, 1.82) is 0 Å². The van der Waals surface area contributed by atoms with Crippen molar-refractivity contribution in [2.75, 3.05) is 0 Å². The van der Waals surface area contributed by atoms with E-state index in [1.54, 1.807) is 24.3 Å². The zero-order chi connectivity index (χ0) is 13.9. The van der Waals surface area contributed by atoms with Gasteiger partial charge in [0.2, 0.25) is 0 Å². The van der Waals surface area contributed by atoms with Gasteiger partial charge in [0.1, 0.15) is 6.61 Å². The highest BCUT2D eigenvalue weighted by molar-refractivity contribution is 5.67. The fourth-order valence-electron chi connectivity index (χ4n) is 2.05. The maximum atomic E-state index is 13.0. The molecule has 1 aliphatic carbocycles. The molecule has 1 aromatic carbocycles. The van der Waals surface area contributed by atoms with Crippen molar-refractivity contribution >= 4 is 6.09 Å². The summed E-state index contributed by atoms with van der Waals surface area (Å²) in [6.45, 7) is 0.0614. The predicted octanol–water partition coefficient (Wildman–Crippen LogP) is 2.07. The highest BCUT2D eigenvalue weighted by Crippen LogP contribution is 2.35. The van der Waals surface area contributed by atoms with Crippen LogP contribution in [0, 0.1) is 0 Å². The predicted molar refractivity (Wildman–Crippen MR) is 63.7 cm³/mol. The first-order chi connectivity index (χ1) is 8.96. The molecule has 2 N–H and O–H groups in total. The van der Waals surface area contributed by atoms with Crippen LogP contribution in [0.4, 0.5) is 13.6 Å². The highest BCUT2D eigenvalue weighted by Gasteiger charge is 2.46. The summed E-state index contributed by atoms with van der Waals surface area (Å²) in [4.78, 5) is 11.4. The van der Waals surface area contributed by atoms with Crippen molar-refractivity contribution in [2.24, 2.45) is 0 Å². The van der Waals surface area contributed by atoms with Gasteiger partial charge in [0.25, 0.3) is 5.92 Å². The van der Waals surface area contributed by atoms with E-state index in [1.807, 2.05) is 6.07 Å². The largest absolute Gasteiger partial charge is 0.445 e. The molecule has 0 heterocycles. The van der Waals surface area contributed by atoms with Crippen LogP contribution in [0.2, 0.25) is 0 Å². The summed E-state index contributed by atoms with van der Waals surface area (Å²) in [5.74, 6) is -2.93. The van der Waals surface area contributed by atoms with Crippen LogP contribution in [-0.2, 0) is 11.3 Å². The molecule has 0 aliphatic heterocycles. The molecule has 1 amide bonds. The Bertz CT molecular complexity index is 439. The molecule has 0 aromatic heterocycles. The van der Waals surface area contributed by atoms with Gasteiger partial charge >= 0.3 is 6.09 Å². The monoisotopic (exact) mass is 271 g/mol. The third-order valence-electron chi connectivity index (χ3n) is 3.01. The van der Waals surface area contributed by atoms with Gasteiger partial charge in [0, 0.05) is 12.8 Å². The summed E-state index contributed by atoms with van der Waals surface area (Å²) < 4.78 is 30.9. The number of alkyl carbamates (subject to hydrolysis) is 1. The molecule has 0 spiro atoms. The number of halogens is 2. The van der Waals surface area contributed by atoms with Crippen molar-refractivity contribution in [3.05, 3.63) is 35.9 Å². The minimum Gasteiger partial charge on any atom is -0.445 e. The molecule has 2 atom stereocenters. The number of amides is 1. The Balaban J connectivity index is 1.79. The topological polar surface area (TPSA) is 58.6 Å². The number of carbonyl (C=O) groups excluding carboxylic acids is 1. The summed E-state index contributed by atoms with van der Waals surface area (Å²) in [6.07, 6.45) is -3.23. The van der Waals surface area contributed by atoms with Gasteiger partial charge in [0.05, 0.1) is 12.1 Å². The third-order valence-corrected chi connectivity index (χ3v) is 3.01. The third kappa shape index (κ3) is 3.89. The van der Waals surface area contributed by atoms with Crippen LogP contribution in [0.25, 0.3) is 0 Å². The van der Waals surface area contributed by atoms with Gasteiger partial charge in [-0.2, -0.15) is 0 Å². The Hall–Kier alpha value is -1.69. The number of ether oxygens (including phenoxy) is 1. The second kappa shape index (κ2) is 5.52. The molecular formula is C13H15F2NO3. The van der Waals surface area contributed by atoms with Crippen LogP contribution >= 0.6 is 0 Å². The Morgan fingerprint density at radius 3 is 2.63 bits per heavy atom. The lowest BCUT2D eigenvalue weighted by Crippen LogP contribution is -2.40. The number of aliphatic hydroxyl groups is 1. The van der Waals surface area contributed by atoms with Crippen LogP contribution in [0.3, 0.4) is 0 Å². The molecule has 1 saturated carbocycles. The first-order valence-corrected chi connectivity index (χ1v) is 5.99. The molecule has 2 rings (SSSR count). The smallest absolute Gasteiger partial charge is 0.407 e. The van der Waals surface area contributed by atoms with Crippen LogP contribution in [-0.4, -0.2) is 29.3 Å². The van der Waals surface area contributed by atoms with E-state index in [0.29, 0.717) is 0 Å². The van der Waals surface area contributed by atoms with Crippen molar-refractivity contribution in [1.82, 2.24) is 5.32 Å². The van der Waals surface area contributed by atoms with Gasteiger partial charge in [-0.05, 0) is 5.56 Å². The summed E-state index contributed by atoms with van der Waals surface area (Å²) in [7, 11) is 0. The second-order valence-corrected chi connectivity index (χ2v) is 4.64. The van der Waals surface area contributed by atoms with E-state index < -0.39 is 37.0 Å². The van der Waals surface area contributed by atoms with Crippen molar-refractivity contribution in [3.8, 4) is 0 Å². The Kier molecular flexibility index (Phi) is 3.99. The molecule has 6 heteroatoms. The Morgan fingerprint density at radius 2 is 2.05 bits per heavy atom. The molecule has 1 aliphatic rings. The minimum absolute atomic E-state index is 0.0614. The molecule has 4 nitrogen and oxygen atoms in total.